The van der Waals surface area contributed by atoms with Gasteiger partial charge in [-0.1, -0.05) is 0 Å². The van der Waals surface area contributed by atoms with Gasteiger partial charge in [-0.05, 0) is 39.8 Å². The van der Waals surface area contributed by atoms with Crippen LogP contribution in [0.25, 0.3) is 0 Å². The van der Waals surface area contributed by atoms with Crippen molar-refractivity contribution in [3.05, 3.63) is 0 Å². The Morgan fingerprint density at radius 2 is 1.86 bits per heavy atom. The molecule has 0 aliphatic carbocycles. The summed E-state index contributed by atoms with van der Waals surface area (Å²) < 4.78 is 0. The third kappa shape index (κ3) is 6.41. The third-order valence-corrected chi connectivity index (χ3v) is 3.84. The molecule has 0 aromatic rings. The van der Waals surface area contributed by atoms with Crippen molar-refractivity contribution >= 4 is 11.9 Å². The molecule has 21 heavy (non-hydrogen) atoms. The van der Waals surface area contributed by atoms with E-state index in [9.17, 15) is 9.59 Å². The first-order chi connectivity index (χ1) is 10.1. The van der Waals surface area contributed by atoms with E-state index >= 15 is 0 Å². The van der Waals surface area contributed by atoms with E-state index in [1.807, 2.05) is 13.8 Å². The maximum Gasteiger partial charge on any atom is 0.321 e. The smallest absolute Gasteiger partial charge is 0.321 e. The molecule has 0 aromatic carbocycles. The predicted octanol–water partition coefficient (Wildman–Crippen LogP) is -0.423. The van der Waals surface area contributed by atoms with Gasteiger partial charge in [0.15, 0.2) is 0 Å². The second-order valence-electron chi connectivity index (χ2n) is 5.40. The Hall–Kier alpha value is -1.18. The van der Waals surface area contributed by atoms with E-state index in [1.54, 1.807) is 0 Å². The molecule has 1 atom stereocenters. The number of imide groups is 1. The second kappa shape index (κ2) is 9.70. The summed E-state index contributed by atoms with van der Waals surface area (Å²) in [5, 5.41) is 4.94. The number of nitrogens with two attached hydrogens (primary N) is 1. The van der Waals surface area contributed by atoms with Crippen LogP contribution in [0.1, 0.15) is 26.7 Å². The van der Waals surface area contributed by atoms with Gasteiger partial charge in [-0.3, -0.25) is 15.0 Å². The van der Waals surface area contributed by atoms with Crippen LogP contribution in [0.15, 0.2) is 0 Å². The number of nitrogens with one attached hydrogen (secondary N) is 2. The minimum absolute atomic E-state index is 0.238. The van der Waals surface area contributed by atoms with Crippen molar-refractivity contribution in [3.8, 4) is 0 Å². The van der Waals surface area contributed by atoms with E-state index in [0.29, 0.717) is 6.54 Å². The van der Waals surface area contributed by atoms with Crippen LogP contribution in [0.2, 0.25) is 0 Å². The zero-order valence-electron chi connectivity index (χ0n) is 13.2. The van der Waals surface area contributed by atoms with Gasteiger partial charge in [0.1, 0.15) is 0 Å². The number of hydrogen-bond donors (Lipinski definition) is 3. The number of amides is 3. The van der Waals surface area contributed by atoms with Gasteiger partial charge in [0.2, 0.25) is 5.91 Å². The molecule has 1 rings (SSSR count). The van der Waals surface area contributed by atoms with Crippen molar-refractivity contribution < 1.29 is 9.59 Å². The third-order valence-electron chi connectivity index (χ3n) is 3.84. The van der Waals surface area contributed by atoms with E-state index in [4.69, 9.17) is 5.73 Å². The Balaban J connectivity index is 2.29. The first-order valence-corrected chi connectivity index (χ1v) is 7.83. The van der Waals surface area contributed by atoms with Gasteiger partial charge < -0.3 is 16.0 Å². The van der Waals surface area contributed by atoms with Crippen LogP contribution < -0.4 is 16.4 Å². The van der Waals surface area contributed by atoms with Crippen molar-refractivity contribution in [2.75, 3.05) is 45.8 Å². The maximum atomic E-state index is 12.0. The summed E-state index contributed by atoms with van der Waals surface area (Å²) in [6, 6.07) is -0.700. The molecule has 4 N–H and O–H groups in total. The Labute approximate surface area is 127 Å². The maximum absolute atomic E-state index is 12.0. The summed E-state index contributed by atoms with van der Waals surface area (Å²) in [5.41, 5.74) is 5.50. The Kier molecular flexibility index (Phi) is 8.26. The number of hydrogen-bond acceptors (Lipinski definition) is 5. The van der Waals surface area contributed by atoms with Crippen molar-refractivity contribution in [1.29, 1.82) is 0 Å². The first-order valence-electron chi connectivity index (χ1n) is 7.83. The molecular weight excluding hydrogens is 270 g/mol. The SMILES string of the molecule is CCNC(=O)NC(=O)C(C)N1CCN(CCCCN)CC1. The lowest BCUT2D eigenvalue weighted by atomic mass is 10.2. The van der Waals surface area contributed by atoms with Gasteiger partial charge in [0.25, 0.3) is 0 Å². The number of nitrogens with zero attached hydrogens (tertiary/aromatic N) is 2. The first kappa shape index (κ1) is 17.9. The molecule has 7 heteroatoms. The minimum Gasteiger partial charge on any atom is -0.338 e. The van der Waals surface area contributed by atoms with E-state index in [-0.39, 0.29) is 11.9 Å². The fourth-order valence-electron chi connectivity index (χ4n) is 2.44. The molecule has 3 amide bonds. The van der Waals surface area contributed by atoms with E-state index < -0.39 is 6.03 Å². The lowest BCUT2D eigenvalue weighted by Gasteiger charge is -2.37. The van der Waals surface area contributed by atoms with E-state index in [1.165, 1.54) is 0 Å². The summed E-state index contributed by atoms with van der Waals surface area (Å²) in [6.07, 6.45) is 2.19. The number of unbranched alkanes of at least 4 members (excludes halogenated alkanes) is 1. The molecule has 1 saturated heterocycles. The van der Waals surface area contributed by atoms with Gasteiger partial charge >= 0.3 is 6.03 Å². The lowest BCUT2D eigenvalue weighted by Crippen LogP contribution is -2.55. The largest absolute Gasteiger partial charge is 0.338 e. The Morgan fingerprint density at radius 1 is 1.19 bits per heavy atom. The highest BCUT2D eigenvalue weighted by molar-refractivity contribution is 5.96. The van der Waals surface area contributed by atoms with Crippen molar-refractivity contribution in [2.45, 2.75) is 32.7 Å². The summed E-state index contributed by atoms with van der Waals surface area (Å²) in [4.78, 5) is 27.9. The van der Waals surface area contributed by atoms with Gasteiger partial charge in [-0.15, -0.1) is 0 Å². The molecule has 0 aromatic heterocycles. The molecule has 0 radical (unpaired) electrons. The van der Waals surface area contributed by atoms with Crippen molar-refractivity contribution in [2.24, 2.45) is 5.73 Å². The molecule has 122 valence electrons. The quantitative estimate of drug-likeness (QED) is 0.555. The average molecular weight is 299 g/mol. The normalized spacial score (nSPS) is 18.2. The van der Waals surface area contributed by atoms with E-state index in [2.05, 4.69) is 20.4 Å². The molecule has 1 unspecified atom stereocenters. The average Bonchev–Trinajstić information content (AvgIpc) is 2.47. The standard InChI is InChI=1S/C14H29N5O2/c1-3-16-14(21)17-13(20)12(2)19-10-8-18(9-11-19)7-5-4-6-15/h12H,3-11,15H2,1-2H3,(H2,16,17,20,21). The second-order valence-corrected chi connectivity index (χ2v) is 5.40. The fraction of sp³-hybridized carbons (Fsp3) is 0.857. The van der Waals surface area contributed by atoms with Crippen LogP contribution in [0, 0.1) is 0 Å². The highest BCUT2D eigenvalue weighted by Crippen LogP contribution is 2.07. The van der Waals surface area contributed by atoms with Crippen LogP contribution >= 0.6 is 0 Å². The van der Waals surface area contributed by atoms with Crippen LogP contribution in [0.4, 0.5) is 4.79 Å². The van der Waals surface area contributed by atoms with Crippen LogP contribution in [-0.4, -0.2) is 73.6 Å². The molecule has 1 fully saturated rings. The summed E-state index contributed by atoms with van der Waals surface area (Å²) in [5.74, 6) is -0.238. The number of carbonyl (C=O) groups excluding carboxylic acids is 2. The zero-order chi connectivity index (χ0) is 15.7. The van der Waals surface area contributed by atoms with Gasteiger partial charge in [-0.2, -0.15) is 0 Å². The van der Waals surface area contributed by atoms with Gasteiger partial charge in [0, 0.05) is 32.7 Å². The Morgan fingerprint density at radius 3 is 2.43 bits per heavy atom. The number of carbonyl (C=O) groups is 2. The summed E-state index contributed by atoms with van der Waals surface area (Å²) >= 11 is 0. The van der Waals surface area contributed by atoms with Crippen molar-refractivity contribution in [1.82, 2.24) is 20.4 Å². The lowest BCUT2D eigenvalue weighted by molar-refractivity contribution is -0.125. The highest BCUT2D eigenvalue weighted by atomic mass is 16.2. The number of piperazine rings is 1. The van der Waals surface area contributed by atoms with Gasteiger partial charge in [-0.25, -0.2) is 4.79 Å². The van der Waals surface area contributed by atoms with Crippen molar-refractivity contribution in [3.63, 3.8) is 0 Å². The monoisotopic (exact) mass is 299 g/mol. The number of urea groups is 1. The molecule has 1 aliphatic rings. The molecule has 0 saturated carbocycles. The molecule has 7 nitrogen and oxygen atoms in total. The van der Waals surface area contributed by atoms with E-state index in [0.717, 1.165) is 52.1 Å². The fourth-order valence-corrected chi connectivity index (χ4v) is 2.44. The van der Waals surface area contributed by atoms with Crippen LogP contribution in [0.3, 0.4) is 0 Å². The summed E-state index contributed by atoms with van der Waals surface area (Å²) in [6.45, 7) is 9.62. The van der Waals surface area contributed by atoms with Crippen LogP contribution in [-0.2, 0) is 4.79 Å². The highest BCUT2D eigenvalue weighted by Gasteiger charge is 2.26. The van der Waals surface area contributed by atoms with Crippen LogP contribution in [0.5, 0.6) is 0 Å². The summed E-state index contributed by atoms with van der Waals surface area (Å²) in [7, 11) is 0. The zero-order valence-corrected chi connectivity index (χ0v) is 13.2. The van der Waals surface area contributed by atoms with Gasteiger partial charge in [0.05, 0.1) is 6.04 Å². The Bertz CT molecular complexity index is 329. The molecule has 1 aliphatic heterocycles. The molecular formula is C14H29N5O2. The minimum atomic E-state index is -0.422. The number of rotatable bonds is 7. The molecule has 1 heterocycles. The molecule has 0 spiro atoms. The molecule has 0 bridgehead atoms. The predicted molar refractivity (Wildman–Crippen MR) is 83.0 cm³/mol. The topological polar surface area (TPSA) is 90.7 Å².